The molecule has 268 valence electrons. The lowest BCUT2D eigenvalue weighted by molar-refractivity contribution is -0.385. The van der Waals surface area contributed by atoms with Gasteiger partial charge >= 0.3 is 18.2 Å². The first-order valence-electron chi connectivity index (χ1n) is 15.6. The van der Waals surface area contributed by atoms with Crippen LogP contribution >= 0.6 is 11.8 Å². The standard InChI is InChI=1S/C32H44N4O11SSi/c1-23(37)46-28(17-33-29(38)44-18-24-7-11-26(12-8-24)35(40)41)20-48-22-32(47-49(5,6)31(2,3)4)15-16-34(21-32)30(39)45-19-25-9-13-27(14-10-25)36(42)43/h7-14,28H,15-22H2,1-6H3,(H,33,38)/t28-,32+/m0/s1. The van der Waals surface area contributed by atoms with E-state index in [4.69, 9.17) is 18.6 Å². The molecule has 2 aromatic carbocycles. The van der Waals surface area contributed by atoms with Crippen LogP contribution in [-0.2, 0) is 36.6 Å². The van der Waals surface area contributed by atoms with Gasteiger partial charge in [0.15, 0.2) is 8.32 Å². The first-order chi connectivity index (χ1) is 22.9. The predicted octanol–water partition coefficient (Wildman–Crippen LogP) is 6.20. The molecule has 15 nitrogen and oxygen atoms in total. The number of likely N-dealkylation sites (tertiary alicyclic amines) is 1. The highest BCUT2D eigenvalue weighted by Crippen LogP contribution is 2.42. The van der Waals surface area contributed by atoms with Crippen LogP contribution in [0, 0.1) is 20.2 Å². The number of amides is 2. The van der Waals surface area contributed by atoms with Crippen molar-refractivity contribution in [1.29, 1.82) is 0 Å². The summed E-state index contributed by atoms with van der Waals surface area (Å²) in [5.74, 6) is 0.297. The third-order valence-electron chi connectivity index (χ3n) is 8.35. The Bertz CT molecular complexity index is 1490. The molecule has 0 unspecified atom stereocenters. The van der Waals surface area contributed by atoms with Crippen molar-refractivity contribution in [2.45, 2.75) is 77.2 Å². The van der Waals surface area contributed by atoms with E-state index in [1.165, 1.54) is 55.1 Å². The highest BCUT2D eigenvalue weighted by Gasteiger charge is 2.49. The number of thioether (sulfide) groups is 1. The molecule has 2 aromatic rings. The molecule has 1 saturated heterocycles. The van der Waals surface area contributed by atoms with Gasteiger partial charge in [-0.1, -0.05) is 20.8 Å². The van der Waals surface area contributed by atoms with Gasteiger partial charge in [-0.25, -0.2) is 9.59 Å². The van der Waals surface area contributed by atoms with Gasteiger partial charge in [0, 0.05) is 49.2 Å². The zero-order chi connectivity index (χ0) is 36.4. The maximum atomic E-state index is 13.1. The van der Waals surface area contributed by atoms with Gasteiger partial charge in [-0.05, 0) is 59.9 Å². The smallest absolute Gasteiger partial charge is 0.410 e. The van der Waals surface area contributed by atoms with Crippen LogP contribution in [0.4, 0.5) is 21.0 Å². The third kappa shape index (κ3) is 12.0. The fourth-order valence-corrected chi connectivity index (χ4v) is 7.70. The molecule has 0 bridgehead atoms. The van der Waals surface area contributed by atoms with Gasteiger partial charge in [0.05, 0.1) is 28.5 Å². The number of nitro benzene ring substituents is 2. The Hall–Kier alpha value is -4.22. The Morgan fingerprint density at radius 1 is 0.959 bits per heavy atom. The minimum atomic E-state index is -2.31. The molecule has 0 spiro atoms. The second-order valence-corrected chi connectivity index (χ2v) is 19.1. The van der Waals surface area contributed by atoms with E-state index in [1.807, 2.05) is 0 Å². The summed E-state index contributed by atoms with van der Waals surface area (Å²) in [6, 6.07) is 11.4. The first-order valence-corrected chi connectivity index (χ1v) is 19.7. The largest absolute Gasteiger partial charge is 0.460 e. The van der Waals surface area contributed by atoms with Crippen LogP contribution in [0.25, 0.3) is 0 Å². The number of carbonyl (C=O) groups excluding carboxylic acids is 3. The number of ether oxygens (including phenoxy) is 3. The molecule has 1 aliphatic heterocycles. The molecule has 2 atom stereocenters. The molecule has 1 heterocycles. The highest BCUT2D eigenvalue weighted by molar-refractivity contribution is 7.99. The number of nitrogens with zero attached hydrogens (tertiary/aromatic N) is 3. The molecular formula is C32H44N4O11SSi. The number of nitrogens with one attached hydrogen (secondary N) is 1. The van der Waals surface area contributed by atoms with Crippen LogP contribution in [0.5, 0.6) is 0 Å². The SMILES string of the molecule is CC(=O)O[C@@H](CNC(=O)OCc1ccc([N+](=O)[O-])cc1)CSC[C@@]1(O[Si](C)(C)C(C)(C)C)CCN(C(=O)OCc2ccc([N+](=O)[O-])cc2)C1. The average Bonchev–Trinajstić information content (AvgIpc) is 3.44. The topological polar surface area (TPSA) is 190 Å². The van der Waals surface area contributed by atoms with Gasteiger partial charge in [0.25, 0.3) is 11.4 Å². The number of hydrogen-bond acceptors (Lipinski definition) is 12. The Kier molecular flexibility index (Phi) is 13.6. The van der Waals surface area contributed by atoms with Crippen LogP contribution in [-0.4, -0.2) is 84.1 Å². The Morgan fingerprint density at radius 3 is 1.98 bits per heavy atom. The van der Waals surface area contributed by atoms with Crippen molar-refractivity contribution < 1.29 is 42.9 Å². The second-order valence-electron chi connectivity index (χ2n) is 13.3. The van der Waals surface area contributed by atoms with Crippen LogP contribution in [0.3, 0.4) is 0 Å². The van der Waals surface area contributed by atoms with Gasteiger partial charge in [0.1, 0.15) is 19.3 Å². The summed E-state index contributed by atoms with van der Waals surface area (Å²) in [5.41, 5.74) is 0.374. The van der Waals surface area contributed by atoms with Gasteiger partial charge < -0.3 is 28.9 Å². The molecule has 3 rings (SSSR count). The van der Waals surface area contributed by atoms with Gasteiger partial charge in [-0.2, -0.15) is 11.8 Å². The number of esters is 1. The number of benzene rings is 2. The zero-order valence-electron chi connectivity index (χ0n) is 28.6. The van der Waals surface area contributed by atoms with Crippen LogP contribution < -0.4 is 5.32 Å². The maximum absolute atomic E-state index is 13.1. The number of carbonyl (C=O) groups is 3. The van der Waals surface area contributed by atoms with Crippen molar-refractivity contribution in [2.24, 2.45) is 0 Å². The summed E-state index contributed by atoms with van der Waals surface area (Å²) in [6.07, 6.45) is -1.37. The van der Waals surface area contributed by atoms with Crippen LogP contribution in [0.1, 0.15) is 45.2 Å². The predicted molar refractivity (Wildman–Crippen MR) is 185 cm³/mol. The van der Waals surface area contributed by atoms with Crippen molar-refractivity contribution >= 4 is 49.6 Å². The van der Waals surface area contributed by atoms with Crippen LogP contribution in [0.15, 0.2) is 48.5 Å². The summed E-state index contributed by atoms with van der Waals surface area (Å²) in [4.78, 5) is 59.7. The first kappa shape index (κ1) is 39.2. The summed E-state index contributed by atoms with van der Waals surface area (Å²) in [7, 11) is -2.31. The van der Waals surface area contributed by atoms with E-state index >= 15 is 0 Å². The molecule has 49 heavy (non-hydrogen) atoms. The van der Waals surface area contributed by atoms with E-state index in [0.717, 1.165) is 0 Å². The molecular weight excluding hydrogens is 677 g/mol. The fraction of sp³-hybridized carbons (Fsp3) is 0.531. The van der Waals surface area contributed by atoms with E-state index in [2.05, 4.69) is 39.2 Å². The van der Waals surface area contributed by atoms with Crippen molar-refractivity contribution in [3.8, 4) is 0 Å². The highest BCUT2D eigenvalue weighted by atomic mass is 32.2. The number of hydrogen-bond donors (Lipinski definition) is 1. The van der Waals surface area contributed by atoms with Crippen molar-refractivity contribution in [3.63, 3.8) is 0 Å². The molecule has 1 aliphatic rings. The molecule has 1 N–H and O–H groups in total. The lowest BCUT2D eigenvalue weighted by atomic mass is 10.1. The minimum Gasteiger partial charge on any atom is -0.460 e. The number of rotatable bonds is 15. The summed E-state index contributed by atoms with van der Waals surface area (Å²) in [5, 5.41) is 24.3. The summed E-state index contributed by atoms with van der Waals surface area (Å²) >= 11 is 1.48. The molecule has 17 heteroatoms. The molecule has 2 amide bonds. The third-order valence-corrected chi connectivity index (χ3v) is 14.2. The van der Waals surface area contributed by atoms with Crippen molar-refractivity contribution in [2.75, 3.05) is 31.1 Å². The fourth-order valence-electron chi connectivity index (χ4n) is 4.73. The van der Waals surface area contributed by atoms with Crippen molar-refractivity contribution in [1.82, 2.24) is 10.2 Å². The Balaban J connectivity index is 1.59. The number of nitro groups is 2. The zero-order valence-corrected chi connectivity index (χ0v) is 30.4. The lowest BCUT2D eigenvalue weighted by Gasteiger charge is -2.44. The lowest BCUT2D eigenvalue weighted by Crippen LogP contribution is -2.52. The second kappa shape index (κ2) is 16.9. The molecule has 0 aliphatic carbocycles. The van der Waals surface area contributed by atoms with E-state index in [1.54, 1.807) is 17.0 Å². The maximum Gasteiger partial charge on any atom is 0.410 e. The molecule has 0 saturated carbocycles. The van der Waals surface area contributed by atoms with Gasteiger partial charge in [-0.15, -0.1) is 0 Å². The van der Waals surface area contributed by atoms with E-state index in [9.17, 15) is 34.6 Å². The monoisotopic (exact) mass is 720 g/mol. The van der Waals surface area contributed by atoms with Gasteiger partial charge in [-0.3, -0.25) is 25.0 Å². The molecule has 1 fully saturated rings. The van der Waals surface area contributed by atoms with E-state index in [0.29, 0.717) is 35.6 Å². The summed E-state index contributed by atoms with van der Waals surface area (Å²) in [6.45, 7) is 12.5. The van der Waals surface area contributed by atoms with Crippen molar-refractivity contribution in [3.05, 3.63) is 79.9 Å². The molecule has 0 aromatic heterocycles. The quantitative estimate of drug-likeness (QED) is 0.0722. The number of alkyl carbamates (subject to hydrolysis) is 1. The van der Waals surface area contributed by atoms with E-state index in [-0.39, 0.29) is 42.7 Å². The van der Waals surface area contributed by atoms with Gasteiger partial charge in [0.2, 0.25) is 0 Å². The Morgan fingerprint density at radius 2 is 1.49 bits per heavy atom. The minimum absolute atomic E-state index is 0.0111. The van der Waals surface area contributed by atoms with E-state index < -0.39 is 48.0 Å². The Labute approximate surface area is 290 Å². The summed E-state index contributed by atoms with van der Waals surface area (Å²) < 4.78 is 23.2. The normalized spacial score (nSPS) is 16.8. The molecule has 0 radical (unpaired) electrons. The number of non-ortho nitro benzene ring substituents is 2. The average molecular weight is 721 g/mol. The van der Waals surface area contributed by atoms with Crippen LogP contribution in [0.2, 0.25) is 18.1 Å².